The SMILES string of the molecule is Cc1cnc(Nc2cc(NC(=O)c3c(Cl)cccc3Cl)ccn2)o1. The Kier molecular flexibility index (Phi) is 4.69. The average molecular weight is 363 g/mol. The van der Waals surface area contributed by atoms with Gasteiger partial charge in [-0.05, 0) is 25.1 Å². The quantitative estimate of drug-likeness (QED) is 0.704. The topological polar surface area (TPSA) is 80.0 Å². The van der Waals surface area contributed by atoms with E-state index in [2.05, 4.69) is 20.6 Å². The molecule has 24 heavy (non-hydrogen) atoms. The maximum Gasteiger partial charge on any atom is 0.300 e. The van der Waals surface area contributed by atoms with Crippen molar-refractivity contribution in [3.05, 3.63) is 64.1 Å². The fraction of sp³-hybridized carbons (Fsp3) is 0.0625. The minimum Gasteiger partial charge on any atom is -0.429 e. The molecule has 0 atom stereocenters. The van der Waals surface area contributed by atoms with Crippen molar-refractivity contribution in [2.24, 2.45) is 0 Å². The van der Waals surface area contributed by atoms with Crippen molar-refractivity contribution in [3.8, 4) is 0 Å². The first-order valence-corrected chi connectivity index (χ1v) is 7.69. The highest BCUT2D eigenvalue weighted by atomic mass is 35.5. The van der Waals surface area contributed by atoms with E-state index in [9.17, 15) is 4.79 Å². The summed E-state index contributed by atoms with van der Waals surface area (Å²) < 4.78 is 5.32. The molecule has 0 saturated carbocycles. The molecule has 3 aromatic rings. The van der Waals surface area contributed by atoms with E-state index in [-0.39, 0.29) is 15.6 Å². The second-order valence-corrected chi connectivity index (χ2v) is 5.70. The molecule has 0 aliphatic carbocycles. The summed E-state index contributed by atoms with van der Waals surface area (Å²) in [4.78, 5) is 20.6. The molecule has 8 heteroatoms. The van der Waals surface area contributed by atoms with Crippen LogP contribution in [0.3, 0.4) is 0 Å². The van der Waals surface area contributed by atoms with Crippen LogP contribution < -0.4 is 10.6 Å². The zero-order chi connectivity index (χ0) is 17.1. The van der Waals surface area contributed by atoms with Crippen molar-refractivity contribution < 1.29 is 9.21 Å². The highest BCUT2D eigenvalue weighted by molar-refractivity contribution is 6.40. The summed E-state index contributed by atoms with van der Waals surface area (Å²) in [6.45, 7) is 1.79. The molecule has 0 aliphatic heterocycles. The molecule has 0 unspecified atom stereocenters. The molecule has 0 radical (unpaired) electrons. The highest BCUT2D eigenvalue weighted by Crippen LogP contribution is 2.25. The summed E-state index contributed by atoms with van der Waals surface area (Å²) in [6.07, 6.45) is 3.13. The molecule has 2 heterocycles. The van der Waals surface area contributed by atoms with E-state index in [1.54, 1.807) is 49.6 Å². The lowest BCUT2D eigenvalue weighted by atomic mass is 10.2. The number of carbonyl (C=O) groups excluding carboxylic acids is 1. The van der Waals surface area contributed by atoms with Gasteiger partial charge in [0.1, 0.15) is 11.6 Å². The number of nitrogens with zero attached hydrogens (tertiary/aromatic N) is 2. The van der Waals surface area contributed by atoms with Crippen LogP contribution in [0.15, 0.2) is 47.1 Å². The number of carbonyl (C=O) groups is 1. The number of hydrogen-bond acceptors (Lipinski definition) is 5. The van der Waals surface area contributed by atoms with Gasteiger partial charge in [-0.3, -0.25) is 10.1 Å². The number of hydrogen-bond donors (Lipinski definition) is 2. The maximum atomic E-state index is 12.4. The maximum absolute atomic E-state index is 12.4. The standard InChI is InChI=1S/C16H12Cl2N4O2/c1-9-8-20-16(24-9)22-13-7-10(5-6-19-13)21-15(23)14-11(17)3-2-4-12(14)18/h2-8H,1H3,(H2,19,20,21,22,23). The van der Waals surface area contributed by atoms with Crippen molar-refractivity contribution in [1.29, 1.82) is 0 Å². The number of amides is 1. The second kappa shape index (κ2) is 6.90. The summed E-state index contributed by atoms with van der Waals surface area (Å²) in [5.74, 6) is 0.741. The highest BCUT2D eigenvalue weighted by Gasteiger charge is 2.15. The van der Waals surface area contributed by atoms with Gasteiger partial charge in [0.25, 0.3) is 11.9 Å². The zero-order valence-corrected chi connectivity index (χ0v) is 14.0. The third-order valence-corrected chi connectivity index (χ3v) is 3.69. The summed E-state index contributed by atoms with van der Waals surface area (Å²) in [7, 11) is 0. The number of aromatic nitrogens is 2. The lowest BCUT2D eigenvalue weighted by Crippen LogP contribution is -2.13. The summed E-state index contributed by atoms with van der Waals surface area (Å²) >= 11 is 12.1. The van der Waals surface area contributed by atoms with Gasteiger partial charge in [-0.2, -0.15) is 0 Å². The number of nitrogens with one attached hydrogen (secondary N) is 2. The minimum absolute atomic E-state index is 0.218. The van der Waals surface area contributed by atoms with Gasteiger partial charge < -0.3 is 9.73 Å². The Bertz CT molecular complexity index is 875. The Morgan fingerprint density at radius 2 is 1.92 bits per heavy atom. The Morgan fingerprint density at radius 1 is 1.17 bits per heavy atom. The fourth-order valence-corrected chi connectivity index (χ4v) is 2.58. The summed E-state index contributed by atoms with van der Waals surface area (Å²) in [5, 5.41) is 6.20. The van der Waals surface area contributed by atoms with Crippen LogP contribution in [0.1, 0.15) is 16.1 Å². The molecular formula is C16H12Cl2N4O2. The van der Waals surface area contributed by atoms with Crippen LogP contribution >= 0.6 is 23.2 Å². The lowest BCUT2D eigenvalue weighted by Gasteiger charge is -2.09. The van der Waals surface area contributed by atoms with E-state index in [1.165, 1.54) is 0 Å². The van der Waals surface area contributed by atoms with Crippen LogP contribution in [-0.2, 0) is 0 Å². The number of rotatable bonds is 4. The van der Waals surface area contributed by atoms with Gasteiger partial charge in [0.15, 0.2) is 0 Å². The Morgan fingerprint density at radius 3 is 2.58 bits per heavy atom. The number of oxazole rings is 1. The van der Waals surface area contributed by atoms with Crippen LogP contribution in [-0.4, -0.2) is 15.9 Å². The third kappa shape index (κ3) is 3.67. The zero-order valence-electron chi connectivity index (χ0n) is 12.5. The lowest BCUT2D eigenvalue weighted by molar-refractivity contribution is 0.102. The summed E-state index contributed by atoms with van der Waals surface area (Å²) in [6, 6.07) is 8.49. The fourth-order valence-electron chi connectivity index (χ4n) is 2.01. The Balaban J connectivity index is 1.78. The van der Waals surface area contributed by atoms with Crippen molar-refractivity contribution in [3.63, 3.8) is 0 Å². The average Bonchev–Trinajstić information content (AvgIpc) is 2.92. The van der Waals surface area contributed by atoms with Crippen LogP contribution in [0, 0.1) is 6.92 Å². The first-order valence-electron chi connectivity index (χ1n) is 6.94. The van der Waals surface area contributed by atoms with E-state index in [0.29, 0.717) is 23.3 Å². The molecule has 0 fully saturated rings. The molecule has 1 aromatic carbocycles. The van der Waals surface area contributed by atoms with Gasteiger partial charge in [-0.25, -0.2) is 9.97 Å². The van der Waals surface area contributed by atoms with Gasteiger partial charge in [0, 0.05) is 18.0 Å². The van der Waals surface area contributed by atoms with Gasteiger partial charge in [0.2, 0.25) is 0 Å². The number of anilines is 3. The Hall–Kier alpha value is -2.57. The molecule has 0 saturated heterocycles. The molecule has 3 rings (SSSR count). The number of aryl methyl sites for hydroxylation is 1. The van der Waals surface area contributed by atoms with E-state index in [4.69, 9.17) is 27.6 Å². The van der Waals surface area contributed by atoms with Crippen LogP contribution in [0.5, 0.6) is 0 Å². The molecule has 1 amide bonds. The van der Waals surface area contributed by atoms with Crippen molar-refractivity contribution in [2.75, 3.05) is 10.6 Å². The first-order chi connectivity index (χ1) is 11.5. The van der Waals surface area contributed by atoms with Gasteiger partial charge in [-0.15, -0.1) is 0 Å². The number of pyridine rings is 1. The van der Waals surface area contributed by atoms with E-state index < -0.39 is 5.91 Å². The second-order valence-electron chi connectivity index (χ2n) is 4.88. The van der Waals surface area contributed by atoms with Gasteiger partial charge in [-0.1, -0.05) is 29.3 Å². The van der Waals surface area contributed by atoms with E-state index in [1.807, 2.05) is 0 Å². The van der Waals surface area contributed by atoms with Crippen molar-refractivity contribution >= 4 is 46.6 Å². The normalized spacial score (nSPS) is 10.5. The predicted molar refractivity (Wildman–Crippen MR) is 93.2 cm³/mol. The van der Waals surface area contributed by atoms with Crippen LogP contribution in [0.4, 0.5) is 17.5 Å². The molecule has 2 N–H and O–H groups in total. The Labute approximate surface area is 147 Å². The molecule has 2 aromatic heterocycles. The van der Waals surface area contributed by atoms with Crippen molar-refractivity contribution in [1.82, 2.24) is 9.97 Å². The van der Waals surface area contributed by atoms with E-state index in [0.717, 1.165) is 0 Å². The summed E-state index contributed by atoms with van der Waals surface area (Å²) in [5.41, 5.74) is 0.743. The van der Waals surface area contributed by atoms with E-state index >= 15 is 0 Å². The number of benzene rings is 1. The molecule has 6 nitrogen and oxygen atoms in total. The monoisotopic (exact) mass is 362 g/mol. The smallest absolute Gasteiger partial charge is 0.300 e. The van der Waals surface area contributed by atoms with Gasteiger partial charge >= 0.3 is 0 Å². The van der Waals surface area contributed by atoms with Crippen molar-refractivity contribution in [2.45, 2.75) is 6.92 Å². The first kappa shape index (κ1) is 16.3. The molecular weight excluding hydrogens is 351 g/mol. The molecule has 122 valence electrons. The minimum atomic E-state index is -0.408. The third-order valence-electron chi connectivity index (χ3n) is 3.06. The predicted octanol–water partition coefficient (Wildman–Crippen LogP) is 4.68. The molecule has 0 bridgehead atoms. The van der Waals surface area contributed by atoms with Crippen LogP contribution in [0.2, 0.25) is 10.0 Å². The van der Waals surface area contributed by atoms with Crippen LogP contribution in [0.25, 0.3) is 0 Å². The largest absolute Gasteiger partial charge is 0.429 e. The molecule has 0 aliphatic rings. The molecule has 0 spiro atoms. The van der Waals surface area contributed by atoms with Gasteiger partial charge in [0.05, 0.1) is 21.8 Å². The number of halogens is 2.